The van der Waals surface area contributed by atoms with Gasteiger partial charge in [0.2, 0.25) is 12.0 Å². The molecule has 4 N–H and O–H groups in total. The number of benzene rings is 3. The predicted octanol–water partition coefficient (Wildman–Crippen LogP) is 5.53. The molecule has 2 unspecified atom stereocenters. The van der Waals surface area contributed by atoms with Gasteiger partial charge < -0.3 is 30.6 Å². The number of halogens is 2. The molecular weight excluding hydrogens is 745 g/mol. The maximum absolute atomic E-state index is 14.8. The molecule has 6 rings (SSSR count). The van der Waals surface area contributed by atoms with Crippen molar-refractivity contribution in [3.8, 4) is 0 Å². The SMILES string of the molecule is C[C@@H](CCCCNC(=O)CN1CC=C(c2cccc3c2CCN(C(=O)C2CC(c4cccc(Cl)c4F)=NO2)C3C(=O)Nc2ccc(C(=O)O)cc2)CC1)C(=O)O. The highest BCUT2D eigenvalue weighted by Gasteiger charge is 2.42. The summed E-state index contributed by atoms with van der Waals surface area (Å²) in [6, 6.07) is 14.8. The number of hydrogen-bond acceptors (Lipinski definition) is 8. The minimum absolute atomic E-state index is 0.0298. The predicted molar refractivity (Wildman–Crippen MR) is 207 cm³/mol. The van der Waals surface area contributed by atoms with Gasteiger partial charge in [0, 0.05) is 43.9 Å². The molecule has 0 fully saturated rings. The highest BCUT2D eigenvalue weighted by molar-refractivity contribution is 6.31. The summed E-state index contributed by atoms with van der Waals surface area (Å²) in [5.41, 5.74) is 4.31. The van der Waals surface area contributed by atoms with Gasteiger partial charge in [0.15, 0.2) is 5.82 Å². The van der Waals surface area contributed by atoms with E-state index in [2.05, 4.69) is 21.9 Å². The summed E-state index contributed by atoms with van der Waals surface area (Å²) < 4.78 is 14.8. The maximum atomic E-state index is 14.8. The van der Waals surface area contributed by atoms with Gasteiger partial charge in [-0.3, -0.25) is 24.1 Å². The van der Waals surface area contributed by atoms with Crippen LogP contribution in [-0.2, 0) is 30.4 Å². The number of carbonyl (C=O) groups excluding carboxylic acids is 3. The van der Waals surface area contributed by atoms with Gasteiger partial charge in [0.05, 0.1) is 28.8 Å². The van der Waals surface area contributed by atoms with Crippen LogP contribution in [0.3, 0.4) is 0 Å². The van der Waals surface area contributed by atoms with Gasteiger partial charge in [0.25, 0.3) is 11.8 Å². The zero-order valence-electron chi connectivity index (χ0n) is 30.8. The molecule has 0 aliphatic carbocycles. The molecule has 0 aromatic heterocycles. The van der Waals surface area contributed by atoms with Crippen molar-refractivity contribution in [2.75, 3.05) is 38.0 Å². The number of aliphatic carboxylic acids is 1. The monoisotopic (exact) mass is 787 g/mol. The Morgan fingerprint density at radius 1 is 0.982 bits per heavy atom. The molecule has 15 heteroatoms. The van der Waals surface area contributed by atoms with E-state index in [0.29, 0.717) is 63.0 Å². The van der Waals surface area contributed by atoms with Crippen molar-refractivity contribution in [2.45, 2.75) is 57.6 Å². The topological polar surface area (TPSA) is 178 Å². The third-order valence-electron chi connectivity index (χ3n) is 10.4. The van der Waals surface area contributed by atoms with Crippen LogP contribution < -0.4 is 10.6 Å². The number of carboxylic acids is 2. The Kier molecular flexibility index (Phi) is 12.8. The van der Waals surface area contributed by atoms with Crippen molar-refractivity contribution in [1.29, 1.82) is 0 Å². The summed E-state index contributed by atoms with van der Waals surface area (Å²) in [5, 5.41) is 28.1. The molecule has 13 nitrogen and oxygen atoms in total. The highest BCUT2D eigenvalue weighted by Crippen LogP contribution is 2.38. The van der Waals surface area contributed by atoms with E-state index in [9.17, 15) is 33.5 Å². The van der Waals surface area contributed by atoms with Crippen molar-refractivity contribution >= 4 is 58.2 Å². The van der Waals surface area contributed by atoms with E-state index in [1.165, 1.54) is 41.3 Å². The summed E-state index contributed by atoms with van der Waals surface area (Å²) in [5.74, 6) is -4.10. The van der Waals surface area contributed by atoms with Gasteiger partial charge in [-0.25, -0.2) is 9.18 Å². The average molecular weight is 788 g/mol. The quantitative estimate of drug-likeness (QED) is 0.153. The number of aromatic carboxylic acids is 1. The molecule has 294 valence electrons. The Bertz CT molecular complexity index is 2070. The first kappa shape index (κ1) is 40.1. The molecule has 0 saturated heterocycles. The molecule has 56 heavy (non-hydrogen) atoms. The molecule has 3 aliphatic rings. The molecule has 0 saturated carbocycles. The molecule has 3 amide bonds. The first-order valence-electron chi connectivity index (χ1n) is 18.6. The highest BCUT2D eigenvalue weighted by atomic mass is 35.5. The second kappa shape index (κ2) is 17.9. The molecule has 3 aliphatic heterocycles. The maximum Gasteiger partial charge on any atom is 0.335 e. The molecule has 3 aromatic rings. The Morgan fingerprint density at radius 3 is 2.45 bits per heavy atom. The number of carbonyl (C=O) groups is 5. The fourth-order valence-electron chi connectivity index (χ4n) is 7.26. The lowest BCUT2D eigenvalue weighted by atomic mass is 9.84. The van der Waals surface area contributed by atoms with Crippen LogP contribution in [0.5, 0.6) is 0 Å². The second-order valence-electron chi connectivity index (χ2n) is 14.2. The van der Waals surface area contributed by atoms with Crippen molar-refractivity contribution in [3.05, 3.63) is 105 Å². The number of rotatable bonds is 14. The van der Waals surface area contributed by atoms with Crippen molar-refractivity contribution in [3.63, 3.8) is 0 Å². The van der Waals surface area contributed by atoms with Gasteiger partial charge in [-0.05, 0) is 84.3 Å². The van der Waals surface area contributed by atoms with Crippen LogP contribution in [0.15, 0.2) is 71.9 Å². The number of nitrogens with zero attached hydrogens (tertiary/aromatic N) is 3. The first-order valence-corrected chi connectivity index (χ1v) is 18.9. The van der Waals surface area contributed by atoms with E-state index in [0.717, 1.165) is 16.7 Å². The number of hydrogen-bond donors (Lipinski definition) is 4. The van der Waals surface area contributed by atoms with Crippen molar-refractivity contribution in [1.82, 2.24) is 15.1 Å². The third-order valence-corrected chi connectivity index (χ3v) is 10.7. The van der Waals surface area contributed by atoms with Gasteiger partial charge in [-0.15, -0.1) is 0 Å². The van der Waals surface area contributed by atoms with E-state index >= 15 is 0 Å². The number of amides is 3. The van der Waals surface area contributed by atoms with E-state index in [4.69, 9.17) is 21.5 Å². The number of oxime groups is 1. The smallest absolute Gasteiger partial charge is 0.335 e. The number of fused-ring (bicyclic) bond motifs is 1. The number of unbranched alkanes of at least 4 members (excludes halogenated alkanes) is 1. The van der Waals surface area contributed by atoms with Gasteiger partial charge in [0.1, 0.15) is 6.04 Å². The summed E-state index contributed by atoms with van der Waals surface area (Å²) >= 11 is 5.99. The summed E-state index contributed by atoms with van der Waals surface area (Å²) in [6.07, 6.45) is 4.02. The number of anilines is 1. The second-order valence-corrected chi connectivity index (χ2v) is 14.6. The lowest BCUT2D eigenvalue weighted by Gasteiger charge is -2.38. The summed E-state index contributed by atoms with van der Waals surface area (Å²) in [4.78, 5) is 72.5. The van der Waals surface area contributed by atoms with Crippen molar-refractivity contribution in [2.24, 2.45) is 11.1 Å². The lowest BCUT2D eigenvalue weighted by molar-refractivity contribution is -0.148. The normalized spacial score (nSPS) is 18.5. The molecule has 3 heterocycles. The summed E-state index contributed by atoms with van der Waals surface area (Å²) in [6.45, 7) is 3.74. The molecular formula is C41H43ClFN5O8. The fraction of sp³-hybridized carbons (Fsp3) is 0.366. The Morgan fingerprint density at radius 2 is 1.73 bits per heavy atom. The van der Waals surface area contributed by atoms with Crippen LogP contribution in [0.2, 0.25) is 5.02 Å². The molecule has 3 atom stereocenters. The molecule has 0 spiro atoms. The zero-order valence-corrected chi connectivity index (χ0v) is 31.6. The number of carboxylic acid groups (broad SMARTS) is 2. The van der Waals surface area contributed by atoms with E-state index in [-0.39, 0.29) is 47.3 Å². The Labute approximate surface area is 328 Å². The van der Waals surface area contributed by atoms with E-state index in [1.807, 2.05) is 23.1 Å². The zero-order chi connectivity index (χ0) is 39.9. The van der Waals surface area contributed by atoms with Crippen LogP contribution in [-0.4, -0.2) is 94.2 Å². The minimum Gasteiger partial charge on any atom is -0.481 e. The lowest BCUT2D eigenvalue weighted by Crippen LogP contribution is -2.49. The number of nitrogens with one attached hydrogen (secondary N) is 2. The Balaban J connectivity index is 1.17. The van der Waals surface area contributed by atoms with Gasteiger partial charge in [-0.1, -0.05) is 60.4 Å². The largest absolute Gasteiger partial charge is 0.481 e. The standard InChI is InChI=1S/C41H43ClFN5O8/c1-24(40(52)53)6-2-3-18-44-35(49)23-47-19-15-25(16-20-47)28-7-4-8-30-29(28)17-21-48(37(30)38(50)45-27-13-11-26(12-14-27)41(54)55)39(51)34-22-33(46-56-34)31-9-5-10-32(42)36(31)43/h4-5,7-15,24,34,37H,2-3,6,16-23H2,1H3,(H,44,49)(H,45,50)(H,52,53)(H,54,55)/t24-,34?,37?/m0/s1. The molecule has 0 bridgehead atoms. The van der Waals surface area contributed by atoms with Gasteiger partial charge >= 0.3 is 11.9 Å². The summed E-state index contributed by atoms with van der Waals surface area (Å²) in [7, 11) is 0. The average Bonchev–Trinajstić information content (AvgIpc) is 3.68. The van der Waals surface area contributed by atoms with Crippen LogP contribution in [0.1, 0.15) is 77.7 Å². The van der Waals surface area contributed by atoms with Crippen LogP contribution in [0.4, 0.5) is 10.1 Å². The molecule has 0 radical (unpaired) electrons. The van der Waals surface area contributed by atoms with Gasteiger partial charge in [-0.2, -0.15) is 0 Å². The van der Waals surface area contributed by atoms with E-state index in [1.54, 1.807) is 13.0 Å². The Hall–Kier alpha value is -5.60. The van der Waals surface area contributed by atoms with Crippen LogP contribution in [0.25, 0.3) is 5.57 Å². The van der Waals surface area contributed by atoms with Crippen LogP contribution in [0, 0.1) is 11.7 Å². The first-order chi connectivity index (χ1) is 26.9. The fourth-order valence-corrected chi connectivity index (χ4v) is 7.44. The van der Waals surface area contributed by atoms with E-state index < -0.39 is 47.6 Å². The third kappa shape index (κ3) is 9.25. The molecule has 3 aromatic carbocycles. The minimum atomic E-state index is -1.11. The van der Waals surface area contributed by atoms with Crippen LogP contribution >= 0.6 is 11.6 Å². The van der Waals surface area contributed by atoms with Crippen molar-refractivity contribution < 1.29 is 43.4 Å².